The van der Waals surface area contributed by atoms with E-state index in [1.807, 2.05) is 19.9 Å². The van der Waals surface area contributed by atoms with Crippen LogP contribution in [0.2, 0.25) is 0 Å². The van der Waals surface area contributed by atoms with E-state index in [-0.39, 0.29) is 16.5 Å². The van der Waals surface area contributed by atoms with Gasteiger partial charge in [0.2, 0.25) is 0 Å². The van der Waals surface area contributed by atoms with Crippen molar-refractivity contribution in [3.05, 3.63) is 41.5 Å². The van der Waals surface area contributed by atoms with Gasteiger partial charge in [0, 0.05) is 0 Å². The first-order valence-corrected chi connectivity index (χ1v) is 9.51. The van der Waals surface area contributed by atoms with Crippen LogP contribution in [0.4, 0.5) is 5.82 Å². The van der Waals surface area contributed by atoms with Gasteiger partial charge in [0.15, 0.2) is 11.4 Å². The van der Waals surface area contributed by atoms with Gasteiger partial charge in [0.25, 0.3) is 10.0 Å². The van der Waals surface area contributed by atoms with E-state index in [0.29, 0.717) is 23.1 Å². The van der Waals surface area contributed by atoms with Gasteiger partial charge >= 0.3 is 0 Å². The van der Waals surface area contributed by atoms with Crippen LogP contribution in [0.3, 0.4) is 0 Å². The summed E-state index contributed by atoms with van der Waals surface area (Å²) in [7, 11) is -1.00. The molecule has 0 bridgehead atoms. The number of aromatic nitrogens is 1. The van der Waals surface area contributed by atoms with Crippen LogP contribution in [0.25, 0.3) is 11.0 Å². The lowest BCUT2D eigenvalue weighted by atomic mass is 10.1. The van der Waals surface area contributed by atoms with Crippen LogP contribution in [0.1, 0.15) is 18.1 Å². The van der Waals surface area contributed by atoms with Crippen molar-refractivity contribution in [2.24, 2.45) is 0 Å². The van der Waals surface area contributed by atoms with Gasteiger partial charge < -0.3 is 14.0 Å². The highest BCUT2D eigenvalue weighted by Gasteiger charge is 2.24. The fourth-order valence-electron chi connectivity index (χ4n) is 2.73. The normalized spacial score (nSPS) is 11.5. The van der Waals surface area contributed by atoms with Crippen LogP contribution >= 0.6 is 0 Å². The van der Waals surface area contributed by atoms with E-state index in [9.17, 15) is 8.42 Å². The Bertz CT molecular complexity index is 1060. The molecule has 2 aromatic carbocycles. The van der Waals surface area contributed by atoms with Crippen molar-refractivity contribution in [3.8, 4) is 11.5 Å². The third-order valence-electron chi connectivity index (χ3n) is 4.06. The number of nitrogens with one attached hydrogen (secondary N) is 1. The number of anilines is 1. The van der Waals surface area contributed by atoms with Crippen molar-refractivity contribution in [1.82, 2.24) is 5.16 Å². The van der Waals surface area contributed by atoms with Crippen LogP contribution < -0.4 is 14.2 Å². The molecular weight excluding hydrogens is 356 g/mol. The van der Waals surface area contributed by atoms with Gasteiger partial charge in [0.1, 0.15) is 21.8 Å². The minimum absolute atomic E-state index is 0.0431. The van der Waals surface area contributed by atoms with Gasteiger partial charge in [-0.25, -0.2) is 8.42 Å². The zero-order valence-corrected chi connectivity index (χ0v) is 15.8. The van der Waals surface area contributed by atoms with Gasteiger partial charge in [0.05, 0.1) is 14.2 Å². The maximum Gasteiger partial charge on any atom is 0.266 e. The molecule has 0 radical (unpaired) electrons. The molecule has 0 aliphatic rings. The Morgan fingerprint density at radius 3 is 2.50 bits per heavy atom. The van der Waals surface area contributed by atoms with Crippen molar-refractivity contribution < 1.29 is 22.4 Å². The Morgan fingerprint density at radius 2 is 1.85 bits per heavy atom. The number of benzene rings is 2. The molecule has 0 fully saturated rings. The molecule has 0 spiro atoms. The lowest BCUT2D eigenvalue weighted by molar-refractivity contribution is 0.402. The molecule has 0 amide bonds. The van der Waals surface area contributed by atoms with E-state index in [4.69, 9.17) is 14.0 Å². The monoisotopic (exact) mass is 376 g/mol. The summed E-state index contributed by atoms with van der Waals surface area (Å²) < 4.78 is 44.2. The second-order valence-corrected chi connectivity index (χ2v) is 7.47. The fourth-order valence-corrected chi connectivity index (χ4v) is 3.96. The molecule has 0 saturated heterocycles. The number of methoxy groups -OCH3 is 2. The van der Waals surface area contributed by atoms with Crippen LogP contribution in [-0.4, -0.2) is 27.8 Å². The second-order valence-electron chi connectivity index (χ2n) is 5.82. The molecule has 0 aliphatic heterocycles. The average molecular weight is 376 g/mol. The predicted octanol–water partition coefficient (Wildman–Crippen LogP) is 3.52. The third kappa shape index (κ3) is 3.20. The fraction of sp³-hybridized carbons (Fsp3) is 0.278. The van der Waals surface area contributed by atoms with E-state index in [0.717, 1.165) is 11.1 Å². The molecule has 8 heteroatoms. The molecule has 1 heterocycles. The number of aryl methyl sites for hydroxylation is 2. The first-order chi connectivity index (χ1) is 12.4. The van der Waals surface area contributed by atoms with Crippen molar-refractivity contribution in [2.75, 3.05) is 18.9 Å². The zero-order valence-electron chi connectivity index (χ0n) is 15.0. The van der Waals surface area contributed by atoms with Gasteiger partial charge in [-0.2, -0.15) is 0 Å². The topological polar surface area (TPSA) is 90.7 Å². The molecule has 0 saturated carbocycles. The maximum absolute atomic E-state index is 12.9. The smallest absolute Gasteiger partial charge is 0.266 e. The number of rotatable bonds is 6. The molecule has 3 rings (SSSR count). The lowest BCUT2D eigenvalue weighted by Gasteiger charge is -2.12. The quantitative estimate of drug-likeness (QED) is 0.708. The number of hydrogen-bond donors (Lipinski definition) is 1. The van der Waals surface area contributed by atoms with Gasteiger partial charge in [-0.3, -0.25) is 4.72 Å². The summed E-state index contributed by atoms with van der Waals surface area (Å²) >= 11 is 0. The molecule has 0 unspecified atom stereocenters. The Hall–Kier alpha value is -2.74. The first-order valence-electron chi connectivity index (χ1n) is 8.03. The lowest BCUT2D eigenvalue weighted by Crippen LogP contribution is -2.15. The highest BCUT2D eigenvalue weighted by atomic mass is 32.2. The molecule has 1 N–H and O–H groups in total. The minimum Gasteiger partial charge on any atom is -0.496 e. The summed E-state index contributed by atoms with van der Waals surface area (Å²) in [5.74, 6) is 0.805. The molecular formula is C18H20N2O5S. The number of sulfonamides is 1. The largest absolute Gasteiger partial charge is 0.496 e. The van der Waals surface area contributed by atoms with Crippen molar-refractivity contribution in [2.45, 2.75) is 25.2 Å². The SMILES string of the molecule is CCc1ccc(OC)c(S(=O)(=O)Nc2noc3cc(C)cc(OC)c23)c1. The molecule has 1 aromatic heterocycles. The van der Waals surface area contributed by atoms with Crippen molar-refractivity contribution in [1.29, 1.82) is 0 Å². The minimum atomic E-state index is -3.94. The number of nitrogens with zero attached hydrogens (tertiary/aromatic N) is 1. The third-order valence-corrected chi connectivity index (χ3v) is 5.42. The highest BCUT2D eigenvalue weighted by molar-refractivity contribution is 7.92. The molecule has 0 aliphatic carbocycles. The van der Waals surface area contributed by atoms with E-state index in [1.54, 1.807) is 24.3 Å². The van der Waals surface area contributed by atoms with E-state index >= 15 is 0 Å². The summed E-state index contributed by atoms with van der Waals surface area (Å²) in [6.45, 7) is 3.83. The first kappa shape index (κ1) is 18.1. The highest BCUT2D eigenvalue weighted by Crippen LogP contribution is 2.35. The number of hydrogen-bond acceptors (Lipinski definition) is 6. The Labute approximate surface area is 151 Å². The molecule has 3 aromatic rings. The van der Waals surface area contributed by atoms with E-state index in [1.165, 1.54) is 14.2 Å². The van der Waals surface area contributed by atoms with Gasteiger partial charge in [-0.15, -0.1) is 0 Å². The average Bonchev–Trinajstić information content (AvgIpc) is 3.02. The number of fused-ring (bicyclic) bond motifs is 1. The Balaban J connectivity index is 2.10. The summed E-state index contributed by atoms with van der Waals surface area (Å²) in [5, 5.41) is 4.33. The molecule has 7 nitrogen and oxygen atoms in total. The Kier molecular flexibility index (Phi) is 4.78. The van der Waals surface area contributed by atoms with Crippen molar-refractivity contribution in [3.63, 3.8) is 0 Å². The van der Waals surface area contributed by atoms with E-state index in [2.05, 4.69) is 9.88 Å². The van der Waals surface area contributed by atoms with Crippen LogP contribution in [0, 0.1) is 6.92 Å². The second kappa shape index (κ2) is 6.87. The number of ether oxygens (including phenoxy) is 2. The van der Waals surface area contributed by atoms with Crippen LogP contribution in [0.5, 0.6) is 11.5 Å². The summed E-state index contributed by atoms with van der Waals surface area (Å²) in [6.07, 6.45) is 0.701. The zero-order chi connectivity index (χ0) is 18.9. The standard InChI is InChI=1S/C18H20N2O5S/c1-5-12-6-7-13(23-3)16(10-12)26(21,22)20-18-17-14(24-4)8-11(2)9-15(17)25-19-18/h6-10H,5H2,1-4H3,(H,19,20). The summed E-state index contributed by atoms with van der Waals surface area (Å²) in [4.78, 5) is 0.0431. The Morgan fingerprint density at radius 1 is 1.12 bits per heavy atom. The van der Waals surface area contributed by atoms with Crippen LogP contribution in [-0.2, 0) is 16.4 Å². The van der Waals surface area contributed by atoms with E-state index < -0.39 is 10.0 Å². The maximum atomic E-state index is 12.9. The van der Waals surface area contributed by atoms with Gasteiger partial charge in [-0.05, 0) is 48.7 Å². The molecule has 26 heavy (non-hydrogen) atoms. The van der Waals surface area contributed by atoms with Gasteiger partial charge in [-0.1, -0.05) is 18.1 Å². The predicted molar refractivity (Wildman–Crippen MR) is 98.5 cm³/mol. The summed E-state index contributed by atoms with van der Waals surface area (Å²) in [5.41, 5.74) is 2.23. The van der Waals surface area contributed by atoms with Crippen molar-refractivity contribution >= 4 is 26.8 Å². The molecule has 138 valence electrons. The summed E-state index contributed by atoms with van der Waals surface area (Å²) in [6, 6.07) is 8.61. The molecule has 0 atom stereocenters. The van der Waals surface area contributed by atoms with Crippen LogP contribution in [0.15, 0.2) is 39.8 Å².